The fourth-order valence-electron chi connectivity index (χ4n) is 1.70. The number of rotatable bonds is 5. The lowest BCUT2D eigenvalue weighted by molar-refractivity contribution is 0.371. The molecule has 0 aliphatic carbocycles. The molecule has 2 rings (SSSR count). The molecule has 120 valence electrons. The van der Waals surface area contributed by atoms with Gasteiger partial charge in [-0.15, -0.1) is 24.0 Å². The molecule has 1 aromatic heterocycles. The van der Waals surface area contributed by atoms with E-state index >= 15 is 0 Å². The lowest BCUT2D eigenvalue weighted by atomic mass is 10.2. The summed E-state index contributed by atoms with van der Waals surface area (Å²) in [6, 6.07) is 7.65. The minimum Gasteiger partial charge on any atom is -0.357 e. The standard InChI is InChI=1S/C14H18ClN5O.HI/c1-3-16-14(18-9-13-19-10(2)20-21-13)17-8-11-6-4-5-7-12(11)15;/h4-7H,3,8-9H2,1-2H3,(H2,16,17,18);1H. The number of nitrogens with one attached hydrogen (secondary N) is 2. The third kappa shape index (κ3) is 5.80. The van der Waals surface area contributed by atoms with E-state index in [1.54, 1.807) is 6.92 Å². The minimum atomic E-state index is 0. The van der Waals surface area contributed by atoms with Gasteiger partial charge < -0.3 is 15.2 Å². The zero-order valence-electron chi connectivity index (χ0n) is 12.5. The molecule has 2 N–H and O–H groups in total. The summed E-state index contributed by atoms with van der Waals surface area (Å²) < 4.78 is 5.05. The van der Waals surface area contributed by atoms with Gasteiger partial charge in [-0.2, -0.15) is 4.98 Å². The van der Waals surface area contributed by atoms with Crippen LogP contribution < -0.4 is 10.6 Å². The Morgan fingerprint density at radius 3 is 2.73 bits per heavy atom. The SMILES string of the molecule is CCNC(=NCc1ccccc1Cl)NCc1nc(C)no1.I. The summed E-state index contributed by atoms with van der Waals surface area (Å²) in [5, 5.41) is 10.7. The van der Waals surface area contributed by atoms with Crippen molar-refractivity contribution in [1.29, 1.82) is 0 Å². The van der Waals surface area contributed by atoms with Crippen LogP contribution in [0.25, 0.3) is 0 Å². The molecule has 0 radical (unpaired) electrons. The van der Waals surface area contributed by atoms with Crippen LogP contribution in [-0.4, -0.2) is 22.6 Å². The third-order valence-electron chi connectivity index (χ3n) is 2.69. The van der Waals surface area contributed by atoms with E-state index in [0.717, 1.165) is 12.1 Å². The smallest absolute Gasteiger partial charge is 0.246 e. The van der Waals surface area contributed by atoms with E-state index in [9.17, 15) is 0 Å². The normalized spacial score (nSPS) is 11.0. The summed E-state index contributed by atoms with van der Waals surface area (Å²) in [7, 11) is 0. The number of guanidine groups is 1. The van der Waals surface area contributed by atoms with E-state index in [2.05, 4.69) is 25.8 Å². The summed E-state index contributed by atoms with van der Waals surface area (Å²) >= 11 is 6.12. The predicted octanol–water partition coefficient (Wildman–Crippen LogP) is 2.90. The number of halogens is 2. The highest BCUT2D eigenvalue weighted by molar-refractivity contribution is 14.0. The molecule has 0 spiro atoms. The van der Waals surface area contributed by atoms with Crippen molar-refractivity contribution in [3.8, 4) is 0 Å². The molecule has 0 atom stereocenters. The Morgan fingerprint density at radius 1 is 1.32 bits per heavy atom. The molecule has 22 heavy (non-hydrogen) atoms. The van der Waals surface area contributed by atoms with E-state index < -0.39 is 0 Å². The van der Waals surface area contributed by atoms with Gasteiger partial charge in [-0.1, -0.05) is 35.0 Å². The highest BCUT2D eigenvalue weighted by Crippen LogP contribution is 2.15. The number of benzene rings is 1. The fourth-order valence-corrected chi connectivity index (χ4v) is 1.90. The number of nitrogens with zero attached hydrogens (tertiary/aromatic N) is 3. The van der Waals surface area contributed by atoms with Crippen LogP contribution >= 0.6 is 35.6 Å². The van der Waals surface area contributed by atoms with Crippen LogP contribution in [0, 0.1) is 6.92 Å². The first-order chi connectivity index (χ1) is 10.2. The van der Waals surface area contributed by atoms with Gasteiger partial charge >= 0.3 is 0 Å². The molecule has 0 saturated carbocycles. The summed E-state index contributed by atoms with van der Waals surface area (Å²) in [4.78, 5) is 8.62. The van der Waals surface area contributed by atoms with Crippen molar-refractivity contribution in [2.24, 2.45) is 4.99 Å². The van der Waals surface area contributed by atoms with Crippen LogP contribution in [0.2, 0.25) is 5.02 Å². The van der Waals surface area contributed by atoms with E-state index in [4.69, 9.17) is 16.1 Å². The fraction of sp³-hybridized carbons (Fsp3) is 0.357. The molecule has 1 heterocycles. The molecule has 2 aromatic rings. The maximum Gasteiger partial charge on any atom is 0.246 e. The average molecular weight is 436 g/mol. The van der Waals surface area contributed by atoms with Crippen molar-refractivity contribution in [3.63, 3.8) is 0 Å². The monoisotopic (exact) mass is 435 g/mol. The largest absolute Gasteiger partial charge is 0.357 e. The Morgan fingerprint density at radius 2 is 2.09 bits per heavy atom. The van der Waals surface area contributed by atoms with Crippen molar-refractivity contribution in [2.75, 3.05) is 6.54 Å². The van der Waals surface area contributed by atoms with E-state index in [1.807, 2.05) is 31.2 Å². The van der Waals surface area contributed by atoms with Gasteiger partial charge in [0.25, 0.3) is 0 Å². The first-order valence-corrected chi connectivity index (χ1v) is 7.11. The van der Waals surface area contributed by atoms with Gasteiger partial charge in [0.15, 0.2) is 11.8 Å². The number of hydrogen-bond acceptors (Lipinski definition) is 4. The molecule has 0 aliphatic rings. The Hall–Kier alpha value is -1.35. The van der Waals surface area contributed by atoms with Crippen LogP contribution in [0.15, 0.2) is 33.8 Å². The van der Waals surface area contributed by atoms with Crippen molar-refractivity contribution in [3.05, 3.63) is 46.6 Å². The van der Waals surface area contributed by atoms with Crippen LogP contribution in [0.5, 0.6) is 0 Å². The molecule has 0 fully saturated rings. The van der Waals surface area contributed by atoms with Crippen molar-refractivity contribution in [1.82, 2.24) is 20.8 Å². The lowest BCUT2D eigenvalue weighted by Crippen LogP contribution is -2.36. The molecule has 8 heteroatoms. The van der Waals surface area contributed by atoms with Gasteiger partial charge in [0.05, 0.1) is 13.1 Å². The number of aryl methyl sites for hydroxylation is 1. The maximum atomic E-state index is 6.12. The van der Waals surface area contributed by atoms with Crippen molar-refractivity contribution >= 4 is 41.5 Å². The van der Waals surface area contributed by atoms with Crippen molar-refractivity contribution in [2.45, 2.75) is 26.9 Å². The zero-order chi connectivity index (χ0) is 15.1. The van der Waals surface area contributed by atoms with Gasteiger partial charge in [0.2, 0.25) is 5.89 Å². The van der Waals surface area contributed by atoms with Crippen molar-refractivity contribution < 1.29 is 4.52 Å². The molecular formula is C14H19ClIN5O. The van der Waals surface area contributed by atoms with Crippen LogP contribution in [0.1, 0.15) is 24.2 Å². The average Bonchev–Trinajstić information content (AvgIpc) is 2.89. The molecular weight excluding hydrogens is 417 g/mol. The Bertz CT molecular complexity index is 617. The van der Waals surface area contributed by atoms with Crippen LogP contribution in [0.4, 0.5) is 0 Å². The Labute approximate surface area is 151 Å². The van der Waals surface area contributed by atoms with Gasteiger partial charge in [0, 0.05) is 11.6 Å². The molecule has 1 aromatic carbocycles. The van der Waals surface area contributed by atoms with Gasteiger partial charge in [-0.3, -0.25) is 0 Å². The zero-order valence-corrected chi connectivity index (χ0v) is 15.6. The van der Waals surface area contributed by atoms with E-state index in [0.29, 0.717) is 35.8 Å². The molecule has 0 amide bonds. The molecule has 0 saturated heterocycles. The number of aromatic nitrogens is 2. The topological polar surface area (TPSA) is 75.3 Å². The summed E-state index contributed by atoms with van der Waals surface area (Å²) in [5.74, 6) is 1.81. The first kappa shape index (κ1) is 18.7. The highest BCUT2D eigenvalue weighted by atomic mass is 127. The minimum absolute atomic E-state index is 0. The lowest BCUT2D eigenvalue weighted by Gasteiger charge is -2.09. The van der Waals surface area contributed by atoms with Gasteiger partial charge in [0.1, 0.15) is 0 Å². The van der Waals surface area contributed by atoms with Crippen LogP contribution in [0.3, 0.4) is 0 Å². The number of aliphatic imine (C=N–C) groups is 1. The van der Waals surface area contributed by atoms with Gasteiger partial charge in [-0.05, 0) is 25.5 Å². The van der Waals surface area contributed by atoms with Gasteiger partial charge in [-0.25, -0.2) is 4.99 Å². The third-order valence-corrected chi connectivity index (χ3v) is 3.05. The number of hydrogen-bond donors (Lipinski definition) is 2. The molecule has 0 unspecified atom stereocenters. The molecule has 0 aliphatic heterocycles. The maximum absolute atomic E-state index is 6.12. The predicted molar refractivity (Wildman–Crippen MR) is 97.6 cm³/mol. The second kappa shape index (κ2) is 9.62. The quantitative estimate of drug-likeness (QED) is 0.429. The van der Waals surface area contributed by atoms with Crippen LogP contribution in [-0.2, 0) is 13.1 Å². The molecule has 0 bridgehead atoms. The summed E-state index contributed by atoms with van der Waals surface area (Å²) in [6.45, 7) is 5.47. The van der Waals surface area contributed by atoms with E-state index in [1.165, 1.54) is 0 Å². The first-order valence-electron chi connectivity index (χ1n) is 6.74. The highest BCUT2D eigenvalue weighted by Gasteiger charge is 2.04. The second-order valence-electron chi connectivity index (χ2n) is 4.38. The Balaban J connectivity index is 0.00000242. The second-order valence-corrected chi connectivity index (χ2v) is 4.78. The summed E-state index contributed by atoms with van der Waals surface area (Å²) in [5.41, 5.74) is 0.977. The molecule has 6 nitrogen and oxygen atoms in total. The Kier molecular flexibility index (Phi) is 8.18. The van der Waals surface area contributed by atoms with E-state index in [-0.39, 0.29) is 24.0 Å². The summed E-state index contributed by atoms with van der Waals surface area (Å²) in [6.07, 6.45) is 0.